The molecular formula is C24H29BrN4OS. The van der Waals surface area contributed by atoms with E-state index in [1.165, 1.54) is 21.0 Å². The molecule has 2 amide bonds. The molecule has 0 aliphatic carbocycles. The second-order valence-electron chi connectivity index (χ2n) is 7.95. The number of thiophene rings is 1. The number of fused-ring (bicyclic) bond motifs is 1. The quantitative estimate of drug-likeness (QED) is 0.419. The van der Waals surface area contributed by atoms with E-state index >= 15 is 0 Å². The van der Waals surface area contributed by atoms with Gasteiger partial charge in [-0.2, -0.15) is 0 Å². The highest BCUT2D eigenvalue weighted by Crippen LogP contribution is 2.40. The largest absolute Gasteiger partial charge is 0.331 e. The summed E-state index contributed by atoms with van der Waals surface area (Å²) in [5, 5.41) is 7.47. The number of anilines is 1. The molecule has 3 aromatic rings. The molecule has 1 aliphatic heterocycles. The van der Waals surface area contributed by atoms with Gasteiger partial charge in [0.15, 0.2) is 0 Å². The van der Waals surface area contributed by atoms with Crippen LogP contribution in [0.4, 0.5) is 10.5 Å². The molecule has 0 fully saturated rings. The van der Waals surface area contributed by atoms with Gasteiger partial charge in [0.2, 0.25) is 0 Å². The fraction of sp³-hybridized carbons (Fsp3) is 0.375. The molecule has 4 rings (SSSR count). The summed E-state index contributed by atoms with van der Waals surface area (Å²) >= 11 is 5.37. The van der Waals surface area contributed by atoms with E-state index in [1.807, 2.05) is 36.5 Å². The van der Waals surface area contributed by atoms with E-state index < -0.39 is 0 Å². The monoisotopic (exact) mass is 500 g/mol. The minimum atomic E-state index is -0.169. The average Bonchev–Trinajstić information content (AvgIpc) is 3.42. The number of benzene rings is 1. The van der Waals surface area contributed by atoms with Crippen LogP contribution in [0.15, 0.2) is 47.2 Å². The zero-order chi connectivity index (χ0) is 22.0. The Morgan fingerprint density at radius 2 is 2.03 bits per heavy atom. The van der Waals surface area contributed by atoms with E-state index in [4.69, 9.17) is 0 Å². The molecule has 0 saturated heterocycles. The van der Waals surface area contributed by atoms with Crippen LogP contribution in [-0.4, -0.2) is 28.6 Å². The minimum absolute atomic E-state index is 0.0397. The van der Waals surface area contributed by atoms with Crippen LogP contribution in [0, 0.1) is 6.92 Å². The third-order valence-corrected chi connectivity index (χ3v) is 8.06. The number of carbonyl (C=O) groups excluding carboxylic acids is 1. The lowest BCUT2D eigenvalue weighted by molar-refractivity contribution is 0.248. The molecule has 0 spiro atoms. The number of hydrogen-bond donors (Lipinski definition) is 2. The van der Waals surface area contributed by atoms with Crippen molar-refractivity contribution in [2.45, 2.75) is 46.2 Å². The van der Waals surface area contributed by atoms with Crippen molar-refractivity contribution in [2.75, 3.05) is 18.4 Å². The van der Waals surface area contributed by atoms with Gasteiger partial charge in [0.05, 0.1) is 6.04 Å². The molecule has 2 N–H and O–H groups in total. The summed E-state index contributed by atoms with van der Waals surface area (Å²) in [5.41, 5.74) is 4.58. The summed E-state index contributed by atoms with van der Waals surface area (Å²) in [5.74, 6) is 0. The molecule has 1 aliphatic rings. The van der Waals surface area contributed by atoms with Gasteiger partial charge in [-0.3, -0.25) is 4.90 Å². The molecule has 31 heavy (non-hydrogen) atoms. The first-order valence-electron chi connectivity index (χ1n) is 10.8. The van der Waals surface area contributed by atoms with E-state index in [-0.39, 0.29) is 12.1 Å². The number of nitrogens with zero attached hydrogens (tertiary/aromatic N) is 2. The van der Waals surface area contributed by atoms with Crippen molar-refractivity contribution >= 4 is 39.0 Å². The van der Waals surface area contributed by atoms with Crippen molar-refractivity contribution in [1.82, 2.24) is 14.8 Å². The molecule has 1 unspecified atom stereocenters. The van der Waals surface area contributed by atoms with E-state index in [0.29, 0.717) is 0 Å². The van der Waals surface area contributed by atoms with Gasteiger partial charge in [0, 0.05) is 46.1 Å². The Morgan fingerprint density at radius 1 is 1.26 bits per heavy atom. The molecular weight excluding hydrogens is 472 g/mol. The van der Waals surface area contributed by atoms with Gasteiger partial charge in [0.25, 0.3) is 0 Å². The summed E-state index contributed by atoms with van der Waals surface area (Å²) in [6.07, 6.45) is 6.05. The zero-order valence-corrected chi connectivity index (χ0v) is 20.6. The van der Waals surface area contributed by atoms with Crippen LogP contribution in [0.1, 0.15) is 47.9 Å². The number of likely N-dealkylation sites (N-methyl/N-ethyl adjacent to an activating group) is 1. The molecule has 5 nitrogen and oxygen atoms in total. The van der Waals surface area contributed by atoms with Crippen molar-refractivity contribution < 1.29 is 4.79 Å². The predicted molar refractivity (Wildman–Crippen MR) is 132 cm³/mol. The lowest BCUT2D eigenvalue weighted by atomic mass is 9.96. The zero-order valence-electron chi connectivity index (χ0n) is 18.2. The van der Waals surface area contributed by atoms with Gasteiger partial charge in [0.1, 0.15) is 5.00 Å². The molecule has 2 aromatic heterocycles. The minimum Gasteiger partial charge on any atom is -0.331 e. The van der Waals surface area contributed by atoms with Gasteiger partial charge in [-0.05, 0) is 67.8 Å². The van der Waals surface area contributed by atoms with Crippen LogP contribution in [0.2, 0.25) is 0 Å². The van der Waals surface area contributed by atoms with Crippen LogP contribution < -0.4 is 10.6 Å². The molecule has 0 bridgehead atoms. The molecule has 1 aromatic carbocycles. The van der Waals surface area contributed by atoms with Gasteiger partial charge >= 0.3 is 6.03 Å². The van der Waals surface area contributed by atoms with Crippen molar-refractivity contribution in [2.24, 2.45) is 0 Å². The Kier molecular flexibility index (Phi) is 6.84. The average molecular weight is 501 g/mol. The lowest BCUT2D eigenvalue weighted by Gasteiger charge is -2.27. The van der Waals surface area contributed by atoms with Crippen molar-refractivity contribution in [1.29, 1.82) is 0 Å². The normalized spacial score (nSPS) is 14.8. The van der Waals surface area contributed by atoms with Gasteiger partial charge in [-0.1, -0.05) is 29.8 Å². The van der Waals surface area contributed by atoms with Crippen molar-refractivity contribution in [3.63, 3.8) is 0 Å². The van der Waals surface area contributed by atoms with E-state index in [1.54, 1.807) is 0 Å². The first-order chi connectivity index (χ1) is 15.0. The lowest BCUT2D eigenvalue weighted by Crippen LogP contribution is -2.34. The van der Waals surface area contributed by atoms with E-state index in [0.717, 1.165) is 48.2 Å². The Balaban J connectivity index is 1.62. The first-order valence-corrected chi connectivity index (χ1v) is 12.4. The number of rotatable bonds is 6. The Morgan fingerprint density at radius 3 is 2.71 bits per heavy atom. The third-order valence-electron chi connectivity index (χ3n) is 5.92. The molecule has 7 heteroatoms. The number of urea groups is 1. The van der Waals surface area contributed by atoms with E-state index in [2.05, 4.69) is 74.4 Å². The number of carbonyl (C=O) groups is 1. The molecule has 164 valence electrons. The summed E-state index contributed by atoms with van der Waals surface area (Å²) in [7, 11) is 0. The SMILES string of the molecule is CCC(NC(=O)Nc1ccc(Br)c(C)c1)c1c(-n2cccc2)sc2c1CCN(CC)C2. The highest BCUT2D eigenvalue weighted by molar-refractivity contribution is 9.10. The maximum absolute atomic E-state index is 12.9. The third kappa shape index (κ3) is 4.73. The number of aryl methyl sites for hydroxylation is 1. The highest BCUT2D eigenvalue weighted by Gasteiger charge is 2.29. The van der Waals surface area contributed by atoms with Crippen LogP contribution in [-0.2, 0) is 13.0 Å². The fourth-order valence-corrected chi connectivity index (χ4v) is 5.85. The molecule has 0 radical (unpaired) electrons. The maximum Gasteiger partial charge on any atom is 0.319 e. The van der Waals surface area contributed by atoms with Crippen molar-refractivity contribution in [3.8, 4) is 5.00 Å². The topological polar surface area (TPSA) is 49.3 Å². The fourth-order valence-electron chi connectivity index (χ4n) is 4.18. The maximum atomic E-state index is 12.9. The second kappa shape index (κ2) is 9.59. The van der Waals surface area contributed by atoms with Gasteiger partial charge in [-0.15, -0.1) is 11.3 Å². The molecule has 0 saturated carbocycles. The smallest absolute Gasteiger partial charge is 0.319 e. The van der Waals surface area contributed by atoms with Crippen molar-refractivity contribution in [3.05, 3.63) is 68.8 Å². The van der Waals surface area contributed by atoms with Gasteiger partial charge < -0.3 is 15.2 Å². The Bertz CT molecular complexity index is 1060. The van der Waals surface area contributed by atoms with E-state index in [9.17, 15) is 4.79 Å². The molecule has 3 heterocycles. The number of amides is 2. The summed E-state index contributed by atoms with van der Waals surface area (Å²) in [6.45, 7) is 9.50. The second-order valence-corrected chi connectivity index (χ2v) is 9.89. The first kappa shape index (κ1) is 22.1. The number of hydrogen-bond acceptors (Lipinski definition) is 3. The Hall–Kier alpha value is -2.09. The van der Waals surface area contributed by atoms with Gasteiger partial charge in [-0.25, -0.2) is 4.79 Å². The number of halogens is 1. The summed E-state index contributed by atoms with van der Waals surface area (Å²) < 4.78 is 3.22. The standard InChI is InChI=1S/C24H29BrN4OS/c1-4-20(27-24(30)26-17-8-9-19(25)16(3)14-17)22-18-10-13-28(5-2)15-21(18)31-23(22)29-11-6-7-12-29/h6-9,11-12,14,20H,4-5,10,13,15H2,1-3H3,(H2,26,27,30). The van der Waals surface area contributed by atoms with Crippen LogP contribution in [0.25, 0.3) is 5.00 Å². The predicted octanol–water partition coefficient (Wildman–Crippen LogP) is 6.26. The van der Waals surface area contributed by atoms with Crippen LogP contribution in [0.5, 0.6) is 0 Å². The van der Waals surface area contributed by atoms with Crippen LogP contribution in [0.3, 0.4) is 0 Å². The molecule has 1 atom stereocenters. The highest BCUT2D eigenvalue weighted by atomic mass is 79.9. The summed E-state index contributed by atoms with van der Waals surface area (Å²) in [4.78, 5) is 16.8. The van der Waals surface area contributed by atoms with Crippen LogP contribution >= 0.6 is 27.3 Å². The Labute approximate surface area is 196 Å². The number of aromatic nitrogens is 1. The number of nitrogens with one attached hydrogen (secondary N) is 2. The summed E-state index contributed by atoms with van der Waals surface area (Å²) in [6, 6.07) is 9.74.